The number of ether oxygens (including phenoxy) is 1. The summed E-state index contributed by atoms with van der Waals surface area (Å²) < 4.78 is 5.04. The summed E-state index contributed by atoms with van der Waals surface area (Å²) in [7, 11) is 1.65. The zero-order valence-corrected chi connectivity index (χ0v) is 13.2. The molecule has 0 aliphatic heterocycles. The Hall–Kier alpha value is -1.30. The first-order valence-corrected chi connectivity index (χ1v) is 6.98. The van der Waals surface area contributed by atoms with Crippen molar-refractivity contribution in [2.75, 3.05) is 26.8 Å². The number of carboxylic acids is 1. The van der Waals surface area contributed by atoms with Gasteiger partial charge >= 0.3 is 12.0 Å². The van der Waals surface area contributed by atoms with Crippen LogP contribution in [0.3, 0.4) is 0 Å². The molecule has 0 aliphatic rings. The van der Waals surface area contributed by atoms with Gasteiger partial charge in [0, 0.05) is 26.3 Å². The van der Waals surface area contributed by atoms with Crippen molar-refractivity contribution in [2.24, 2.45) is 5.41 Å². The van der Waals surface area contributed by atoms with Crippen LogP contribution in [0.4, 0.5) is 4.79 Å². The molecule has 118 valence electrons. The lowest BCUT2D eigenvalue weighted by atomic mass is 9.90. The molecule has 2 amide bonds. The molecule has 0 aromatic heterocycles. The van der Waals surface area contributed by atoms with E-state index >= 15 is 0 Å². The van der Waals surface area contributed by atoms with Gasteiger partial charge in [0.15, 0.2) is 0 Å². The molecule has 6 nitrogen and oxygen atoms in total. The predicted molar refractivity (Wildman–Crippen MR) is 77.8 cm³/mol. The summed E-state index contributed by atoms with van der Waals surface area (Å²) in [6.45, 7) is 8.69. The van der Waals surface area contributed by atoms with Crippen molar-refractivity contribution in [2.45, 2.75) is 46.6 Å². The van der Waals surface area contributed by atoms with Gasteiger partial charge in [-0.05, 0) is 25.2 Å². The van der Waals surface area contributed by atoms with Crippen LogP contribution < -0.4 is 5.32 Å². The van der Waals surface area contributed by atoms with Crippen LogP contribution in [-0.4, -0.2) is 54.9 Å². The summed E-state index contributed by atoms with van der Waals surface area (Å²) in [4.78, 5) is 24.3. The van der Waals surface area contributed by atoms with Crippen molar-refractivity contribution in [3.63, 3.8) is 0 Å². The third-order valence-electron chi connectivity index (χ3n) is 3.39. The summed E-state index contributed by atoms with van der Waals surface area (Å²) >= 11 is 0. The molecule has 0 heterocycles. The summed E-state index contributed by atoms with van der Waals surface area (Å²) in [5, 5.41) is 11.7. The van der Waals surface area contributed by atoms with Crippen LogP contribution in [-0.2, 0) is 9.53 Å². The molecular formula is C14H28N2O4. The predicted octanol–water partition coefficient (Wildman–Crippen LogP) is 1.94. The number of aliphatic carboxylic acids is 1. The van der Waals surface area contributed by atoms with E-state index < -0.39 is 5.97 Å². The number of carbonyl (C=O) groups excluding carboxylic acids is 1. The van der Waals surface area contributed by atoms with Crippen LogP contribution in [0, 0.1) is 5.41 Å². The first-order chi connectivity index (χ1) is 9.23. The minimum absolute atomic E-state index is 0.0873. The Morgan fingerprint density at radius 3 is 2.45 bits per heavy atom. The molecule has 0 saturated heterocycles. The second-order valence-electron chi connectivity index (χ2n) is 5.84. The molecule has 6 heteroatoms. The normalized spacial score (nSPS) is 12.8. The fourth-order valence-electron chi connectivity index (χ4n) is 1.68. The molecule has 0 bridgehead atoms. The maximum absolute atomic E-state index is 12.1. The standard InChI is InChI=1S/C14H28N2O4/c1-6-11(2)16(9-12(17)18)13(19)15-10-14(3,4)7-8-20-5/h11H,6-10H2,1-5H3,(H,15,19)(H,17,18). The molecule has 0 radical (unpaired) electrons. The first kappa shape index (κ1) is 18.7. The lowest BCUT2D eigenvalue weighted by Crippen LogP contribution is -2.49. The summed E-state index contributed by atoms with van der Waals surface area (Å²) in [5.74, 6) is -1.00. The van der Waals surface area contributed by atoms with E-state index in [1.807, 2.05) is 27.7 Å². The molecular weight excluding hydrogens is 260 g/mol. The van der Waals surface area contributed by atoms with Gasteiger partial charge in [0.25, 0.3) is 0 Å². The highest BCUT2D eigenvalue weighted by Gasteiger charge is 2.24. The van der Waals surface area contributed by atoms with Crippen molar-refractivity contribution >= 4 is 12.0 Å². The maximum atomic E-state index is 12.1. The number of nitrogens with zero attached hydrogens (tertiary/aromatic N) is 1. The number of carboxylic acid groups (broad SMARTS) is 1. The number of rotatable bonds is 9. The minimum Gasteiger partial charge on any atom is -0.480 e. The van der Waals surface area contributed by atoms with Crippen molar-refractivity contribution in [1.82, 2.24) is 10.2 Å². The van der Waals surface area contributed by atoms with E-state index in [9.17, 15) is 9.59 Å². The fourth-order valence-corrected chi connectivity index (χ4v) is 1.68. The average molecular weight is 288 g/mol. The number of methoxy groups -OCH3 is 1. The number of urea groups is 1. The quantitative estimate of drug-likeness (QED) is 0.679. The summed E-state index contributed by atoms with van der Waals surface area (Å²) in [5.41, 5.74) is -0.0873. The van der Waals surface area contributed by atoms with E-state index in [2.05, 4.69) is 5.32 Å². The Labute approximate surface area is 121 Å². The monoisotopic (exact) mass is 288 g/mol. The molecule has 0 aliphatic carbocycles. The molecule has 0 fully saturated rings. The molecule has 0 spiro atoms. The van der Waals surface area contributed by atoms with Gasteiger partial charge in [-0.25, -0.2) is 4.79 Å². The number of hydrogen-bond donors (Lipinski definition) is 2. The highest BCUT2D eigenvalue weighted by atomic mass is 16.5. The molecule has 0 rings (SSSR count). The van der Waals surface area contributed by atoms with Crippen LogP contribution in [0.1, 0.15) is 40.5 Å². The first-order valence-electron chi connectivity index (χ1n) is 6.98. The van der Waals surface area contributed by atoms with Gasteiger partial charge in [0.2, 0.25) is 0 Å². The topological polar surface area (TPSA) is 78.9 Å². The van der Waals surface area contributed by atoms with Crippen molar-refractivity contribution in [3.8, 4) is 0 Å². The van der Waals surface area contributed by atoms with Crippen molar-refractivity contribution < 1.29 is 19.4 Å². The van der Waals surface area contributed by atoms with E-state index in [1.165, 1.54) is 4.90 Å². The SMILES string of the molecule is CCC(C)N(CC(=O)O)C(=O)NCC(C)(C)CCOC. The fraction of sp³-hybridized carbons (Fsp3) is 0.857. The second kappa shape index (κ2) is 8.79. The third kappa shape index (κ3) is 7.33. The van der Waals surface area contributed by atoms with Crippen LogP contribution in [0.25, 0.3) is 0 Å². The van der Waals surface area contributed by atoms with Crippen molar-refractivity contribution in [1.29, 1.82) is 0 Å². The average Bonchev–Trinajstić information content (AvgIpc) is 2.39. The number of hydrogen-bond acceptors (Lipinski definition) is 3. The van der Waals surface area contributed by atoms with E-state index in [0.717, 1.165) is 6.42 Å². The van der Waals surface area contributed by atoms with Gasteiger partial charge in [0.1, 0.15) is 6.54 Å². The van der Waals surface area contributed by atoms with Gasteiger partial charge in [0.05, 0.1) is 0 Å². The second-order valence-corrected chi connectivity index (χ2v) is 5.84. The van der Waals surface area contributed by atoms with Crippen LogP contribution in [0.5, 0.6) is 0 Å². The molecule has 2 N–H and O–H groups in total. The highest BCUT2D eigenvalue weighted by molar-refractivity contribution is 5.80. The molecule has 0 saturated carbocycles. The van der Waals surface area contributed by atoms with Gasteiger partial charge in [-0.15, -0.1) is 0 Å². The van der Waals surface area contributed by atoms with Gasteiger partial charge in [-0.2, -0.15) is 0 Å². The zero-order valence-electron chi connectivity index (χ0n) is 13.2. The number of nitrogens with one attached hydrogen (secondary N) is 1. The Morgan fingerprint density at radius 2 is 2.00 bits per heavy atom. The zero-order chi connectivity index (χ0) is 15.8. The summed E-state index contributed by atoms with van der Waals surface area (Å²) in [6.07, 6.45) is 1.54. The van der Waals surface area contributed by atoms with Crippen LogP contribution in [0.2, 0.25) is 0 Å². The van der Waals surface area contributed by atoms with E-state index in [-0.39, 0.29) is 24.0 Å². The Balaban J connectivity index is 4.49. The summed E-state index contributed by atoms with van der Waals surface area (Å²) in [6, 6.07) is -0.430. The van der Waals surface area contributed by atoms with Crippen LogP contribution in [0.15, 0.2) is 0 Å². The minimum atomic E-state index is -1.00. The molecule has 0 aromatic rings. The number of amides is 2. The third-order valence-corrected chi connectivity index (χ3v) is 3.39. The molecule has 1 atom stereocenters. The van der Waals surface area contributed by atoms with Gasteiger partial charge < -0.3 is 20.1 Å². The van der Waals surface area contributed by atoms with Crippen LogP contribution >= 0.6 is 0 Å². The van der Waals surface area contributed by atoms with E-state index in [4.69, 9.17) is 9.84 Å². The van der Waals surface area contributed by atoms with Gasteiger partial charge in [-0.1, -0.05) is 20.8 Å². The van der Waals surface area contributed by atoms with Gasteiger partial charge in [-0.3, -0.25) is 4.79 Å². The Kier molecular flexibility index (Phi) is 8.22. The lowest BCUT2D eigenvalue weighted by molar-refractivity contribution is -0.138. The Morgan fingerprint density at radius 1 is 1.40 bits per heavy atom. The number of carbonyl (C=O) groups is 2. The molecule has 20 heavy (non-hydrogen) atoms. The maximum Gasteiger partial charge on any atom is 0.323 e. The smallest absolute Gasteiger partial charge is 0.323 e. The van der Waals surface area contributed by atoms with E-state index in [1.54, 1.807) is 7.11 Å². The van der Waals surface area contributed by atoms with Crippen molar-refractivity contribution in [3.05, 3.63) is 0 Å². The Bertz CT molecular complexity index is 318. The lowest BCUT2D eigenvalue weighted by Gasteiger charge is -2.30. The molecule has 0 aromatic carbocycles. The van der Waals surface area contributed by atoms with E-state index in [0.29, 0.717) is 19.6 Å². The highest BCUT2D eigenvalue weighted by Crippen LogP contribution is 2.19. The largest absolute Gasteiger partial charge is 0.480 e. The molecule has 1 unspecified atom stereocenters.